The Morgan fingerprint density at radius 3 is 2.83 bits per heavy atom. The van der Waals surface area contributed by atoms with Crippen LogP contribution in [-0.2, 0) is 25.4 Å². The van der Waals surface area contributed by atoms with Gasteiger partial charge < -0.3 is 9.47 Å². The molecule has 0 aliphatic carbocycles. The lowest BCUT2D eigenvalue weighted by atomic mass is 10.5. The van der Waals surface area contributed by atoms with Crippen molar-refractivity contribution < 1.29 is 17.9 Å². The van der Waals surface area contributed by atoms with Gasteiger partial charge in [0, 0.05) is 20.2 Å². The Kier molecular flexibility index (Phi) is 5.15. The van der Waals surface area contributed by atoms with Crippen LogP contribution in [0.4, 0.5) is 0 Å². The van der Waals surface area contributed by atoms with Gasteiger partial charge in [-0.3, -0.25) is 0 Å². The number of nitrogens with zero attached hydrogens (tertiary/aromatic N) is 6. The van der Waals surface area contributed by atoms with Gasteiger partial charge >= 0.3 is 5.69 Å². The molecular formula is C11H16N6O5S2. The minimum atomic E-state index is -3.85. The molecule has 0 atom stereocenters. The minimum Gasteiger partial charge on any atom is -0.379 e. The Balaban J connectivity index is 1.96. The molecule has 13 heteroatoms. The zero-order valence-corrected chi connectivity index (χ0v) is 14.5. The molecule has 0 aromatic carbocycles. The van der Waals surface area contributed by atoms with Crippen LogP contribution >= 0.6 is 11.8 Å². The number of methoxy groups -OCH3 is 1. The van der Waals surface area contributed by atoms with E-state index in [0.717, 1.165) is 15.4 Å². The van der Waals surface area contributed by atoms with Crippen LogP contribution in [0.2, 0.25) is 0 Å². The van der Waals surface area contributed by atoms with Crippen LogP contribution < -0.4 is 5.69 Å². The second kappa shape index (κ2) is 7.14. The van der Waals surface area contributed by atoms with Gasteiger partial charge in [-0.2, -0.15) is 8.99 Å². The van der Waals surface area contributed by atoms with Gasteiger partial charge in [-0.05, 0) is 0 Å². The van der Waals surface area contributed by atoms with E-state index in [1.807, 2.05) is 0 Å². The molecule has 1 fully saturated rings. The van der Waals surface area contributed by atoms with Crippen molar-refractivity contribution >= 4 is 27.4 Å². The van der Waals surface area contributed by atoms with Crippen LogP contribution in [0.15, 0.2) is 16.1 Å². The molecule has 0 bridgehead atoms. The summed E-state index contributed by atoms with van der Waals surface area (Å²) in [5.41, 5.74) is -0.598. The first-order chi connectivity index (χ1) is 11.6. The number of rotatable bonds is 6. The lowest BCUT2D eigenvalue weighted by molar-refractivity contribution is 0.0729. The Hall–Kier alpha value is -1.54. The van der Waals surface area contributed by atoms with Gasteiger partial charge in [-0.15, -0.1) is 16.9 Å². The zero-order valence-electron chi connectivity index (χ0n) is 12.9. The molecule has 11 nitrogen and oxygen atoms in total. The van der Waals surface area contributed by atoms with E-state index in [0.29, 0.717) is 19.2 Å². The maximum atomic E-state index is 12.7. The molecule has 0 radical (unpaired) electrons. The smallest absolute Gasteiger partial charge is 0.353 e. The van der Waals surface area contributed by atoms with E-state index in [2.05, 4.69) is 15.3 Å². The number of sulfonamides is 1. The number of fused-ring (bicyclic) bond motifs is 1. The summed E-state index contributed by atoms with van der Waals surface area (Å²) in [4.78, 5) is 16.2. The highest BCUT2D eigenvalue weighted by molar-refractivity contribution is 7.98. The summed E-state index contributed by atoms with van der Waals surface area (Å²) >= 11 is 1.33. The standard InChI is InChI=1S/C11H16N6O5S2/c1-21-8-23-7-17-11(18)16-6-12-10(9(16)13-14-17)24(19,20)15-2-4-22-5-3-15/h6H,2-5,7-8H2,1H3. The van der Waals surface area contributed by atoms with E-state index < -0.39 is 15.7 Å². The van der Waals surface area contributed by atoms with E-state index in [4.69, 9.17) is 9.47 Å². The molecule has 0 saturated carbocycles. The van der Waals surface area contributed by atoms with E-state index >= 15 is 0 Å². The molecule has 3 heterocycles. The molecular weight excluding hydrogens is 360 g/mol. The van der Waals surface area contributed by atoms with Crippen molar-refractivity contribution in [3.8, 4) is 0 Å². The summed E-state index contributed by atoms with van der Waals surface area (Å²) in [6.07, 6.45) is 1.15. The average molecular weight is 376 g/mol. The molecule has 1 aliphatic rings. The molecule has 1 saturated heterocycles. The Morgan fingerprint density at radius 2 is 2.12 bits per heavy atom. The second-order valence-corrected chi connectivity index (χ2v) is 7.63. The number of hydrogen-bond acceptors (Lipinski definition) is 9. The number of aromatic nitrogens is 5. The topological polar surface area (TPSA) is 121 Å². The molecule has 0 amide bonds. The molecule has 24 heavy (non-hydrogen) atoms. The summed E-state index contributed by atoms with van der Waals surface area (Å²) < 4.78 is 38.8. The highest BCUT2D eigenvalue weighted by atomic mass is 32.2. The van der Waals surface area contributed by atoms with Crippen molar-refractivity contribution in [2.24, 2.45) is 0 Å². The summed E-state index contributed by atoms with van der Waals surface area (Å²) in [5, 5.41) is 7.37. The van der Waals surface area contributed by atoms with E-state index in [-0.39, 0.29) is 29.6 Å². The van der Waals surface area contributed by atoms with Gasteiger partial charge in [-0.1, -0.05) is 5.21 Å². The van der Waals surface area contributed by atoms with Crippen molar-refractivity contribution in [3.05, 3.63) is 16.8 Å². The van der Waals surface area contributed by atoms with E-state index in [9.17, 15) is 13.2 Å². The highest BCUT2D eigenvalue weighted by Gasteiger charge is 2.31. The first kappa shape index (κ1) is 17.3. The van der Waals surface area contributed by atoms with Crippen LogP contribution in [0.1, 0.15) is 0 Å². The van der Waals surface area contributed by atoms with Crippen LogP contribution in [0.5, 0.6) is 0 Å². The normalized spacial score (nSPS) is 16.7. The SMILES string of the molecule is COCSCn1nnc2c(S(=O)(=O)N3CCOCC3)ncn2c1=O. The fourth-order valence-electron chi connectivity index (χ4n) is 2.19. The van der Waals surface area contributed by atoms with Crippen molar-refractivity contribution in [2.45, 2.75) is 10.9 Å². The predicted octanol–water partition coefficient (Wildman–Crippen LogP) is -1.40. The quantitative estimate of drug-likeness (QED) is 0.443. The molecule has 0 spiro atoms. The largest absolute Gasteiger partial charge is 0.379 e. The van der Waals surface area contributed by atoms with Gasteiger partial charge in [-0.25, -0.2) is 22.6 Å². The Bertz CT molecular complexity index is 873. The van der Waals surface area contributed by atoms with Crippen molar-refractivity contribution in [1.29, 1.82) is 0 Å². The van der Waals surface area contributed by atoms with Crippen LogP contribution in [0.3, 0.4) is 0 Å². The third-order valence-electron chi connectivity index (χ3n) is 3.35. The maximum absolute atomic E-state index is 12.7. The molecule has 132 valence electrons. The van der Waals surface area contributed by atoms with Gasteiger partial charge in [0.05, 0.1) is 25.0 Å². The summed E-state index contributed by atoms with van der Waals surface area (Å²) in [5.74, 6) is 0.631. The lowest BCUT2D eigenvalue weighted by Gasteiger charge is -2.24. The fourth-order valence-corrected chi connectivity index (χ4v) is 4.20. The molecule has 0 N–H and O–H groups in total. The summed E-state index contributed by atoms with van der Waals surface area (Å²) in [6, 6.07) is 0. The van der Waals surface area contributed by atoms with Gasteiger partial charge in [0.25, 0.3) is 10.0 Å². The molecule has 2 aromatic rings. The first-order valence-corrected chi connectivity index (χ1v) is 9.60. The van der Waals surface area contributed by atoms with Gasteiger partial charge in [0.2, 0.25) is 10.7 Å². The third kappa shape index (κ3) is 3.17. The minimum absolute atomic E-state index is 0.0838. The first-order valence-electron chi connectivity index (χ1n) is 7.01. The Morgan fingerprint density at radius 1 is 1.38 bits per heavy atom. The van der Waals surface area contributed by atoms with Gasteiger partial charge in [0.1, 0.15) is 6.33 Å². The van der Waals surface area contributed by atoms with Crippen molar-refractivity contribution in [2.75, 3.05) is 39.4 Å². The zero-order chi connectivity index (χ0) is 17.2. The number of ether oxygens (including phenoxy) is 2. The fraction of sp³-hybridized carbons (Fsp3) is 0.636. The van der Waals surface area contributed by atoms with E-state index in [1.165, 1.54) is 16.1 Å². The summed E-state index contributed by atoms with van der Waals surface area (Å²) in [6.45, 7) is 1.11. The maximum Gasteiger partial charge on any atom is 0.353 e. The predicted molar refractivity (Wildman–Crippen MR) is 84.1 cm³/mol. The van der Waals surface area contributed by atoms with Crippen molar-refractivity contribution in [3.63, 3.8) is 0 Å². The van der Waals surface area contributed by atoms with Crippen LogP contribution in [0.25, 0.3) is 5.65 Å². The van der Waals surface area contributed by atoms with Crippen molar-refractivity contribution in [1.82, 2.24) is 28.7 Å². The number of imidazole rings is 1. The van der Waals surface area contributed by atoms with Gasteiger partial charge in [0.15, 0.2) is 0 Å². The lowest BCUT2D eigenvalue weighted by Crippen LogP contribution is -2.41. The van der Waals surface area contributed by atoms with E-state index in [1.54, 1.807) is 7.11 Å². The third-order valence-corrected chi connectivity index (χ3v) is 6.00. The molecule has 3 rings (SSSR count). The summed E-state index contributed by atoms with van der Waals surface area (Å²) in [7, 11) is -2.31. The number of morpholine rings is 1. The average Bonchev–Trinajstić information content (AvgIpc) is 3.03. The Labute approximate surface area is 141 Å². The van der Waals surface area contributed by atoms with Crippen LogP contribution in [0, 0.1) is 0 Å². The molecule has 0 unspecified atom stereocenters. The second-order valence-electron chi connectivity index (χ2n) is 4.87. The monoisotopic (exact) mass is 376 g/mol. The highest BCUT2D eigenvalue weighted by Crippen LogP contribution is 2.18. The van der Waals surface area contributed by atoms with Crippen LogP contribution in [-0.4, -0.2) is 76.5 Å². The number of thioether (sulfide) groups is 1. The number of hydrogen-bond donors (Lipinski definition) is 0. The molecule has 1 aliphatic heterocycles. The molecule has 2 aromatic heterocycles.